The number of hydrogen-bond donors (Lipinski definition) is 3. The van der Waals surface area contributed by atoms with Crippen LogP contribution in [0, 0.1) is 5.41 Å². The van der Waals surface area contributed by atoms with Gasteiger partial charge >= 0.3 is 0 Å². The van der Waals surface area contributed by atoms with E-state index in [-0.39, 0.29) is 5.84 Å². The molecule has 0 radical (unpaired) electrons. The first-order valence-electron chi connectivity index (χ1n) is 3.41. The average molecular weight is 139 g/mol. The van der Waals surface area contributed by atoms with Crippen molar-refractivity contribution in [3.05, 3.63) is 12.3 Å². The van der Waals surface area contributed by atoms with Crippen LogP contribution in [0.1, 0.15) is 19.8 Å². The maximum Gasteiger partial charge on any atom is 0.116 e. The van der Waals surface area contributed by atoms with Gasteiger partial charge in [-0.3, -0.25) is 5.41 Å². The third-order valence-electron chi connectivity index (χ3n) is 1.69. The minimum Gasteiger partial charge on any atom is -0.386 e. The zero-order valence-electron chi connectivity index (χ0n) is 6.15. The van der Waals surface area contributed by atoms with Crippen molar-refractivity contribution in [3.63, 3.8) is 0 Å². The Labute approximate surface area is 60.8 Å². The van der Waals surface area contributed by atoms with Crippen LogP contribution in [-0.2, 0) is 0 Å². The Hall–Kier alpha value is -0.990. The lowest BCUT2D eigenvalue weighted by Crippen LogP contribution is -2.22. The Morgan fingerprint density at radius 3 is 2.70 bits per heavy atom. The summed E-state index contributed by atoms with van der Waals surface area (Å²) in [6.07, 6.45) is 5.74. The summed E-state index contributed by atoms with van der Waals surface area (Å²) in [4.78, 5) is 0. The number of hydrogen-bond acceptors (Lipinski definition) is 2. The predicted molar refractivity (Wildman–Crippen MR) is 41.8 cm³/mol. The highest BCUT2D eigenvalue weighted by molar-refractivity contribution is 5.88. The van der Waals surface area contributed by atoms with Crippen molar-refractivity contribution in [2.45, 2.75) is 25.3 Å². The van der Waals surface area contributed by atoms with E-state index < -0.39 is 0 Å². The van der Waals surface area contributed by atoms with E-state index in [1.807, 2.05) is 0 Å². The highest BCUT2D eigenvalue weighted by Crippen LogP contribution is 2.33. The fraction of sp³-hybridized carbons (Fsp3) is 0.571. The van der Waals surface area contributed by atoms with Crippen molar-refractivity contribution >= 4 is 5.84 Å². The molecule has 0 spiro atoms. The highest BCUT2D eigenvalue weighted by atomic mass is 15.0. The van der Waals surface area contributed by atoms with Gasteiger partial charge in [-0.1, -0.05) is 0 Å². The molecule has 10 heavy (non-hydrogen) atoms. The lowest BCUT2D eigenvalue weighted by molar-refractivity contribution is 0.638. The van der Waals surface area contributed by atoms with Gasteiger partial charge in [0.25, 0.3) is 0 Å². The van der Waals surface area contributed by atoms with Crippen LogP contribution in [-0.4, -0.2) is 11.4 Å². The van der Waals surface area contributed by atoms with E-state index in [1.165, 1.54) is 12.8 Å². The molecule has 3 heteroatoms. The Morgan fingerprint density at radius 2 is 2.30 bits per heavy atom. The van der Waals surface area contributed by atoms with Gasteiger partial charge < -0.3 is 11.1 Å². The molecule has 1 aliphatic carbocycles. The van der Waals surface area contributed by atoms with Crippen LogP contribution in [0.4, 0.5) is 0 Å². The monoisotopic (exact) mass is 139 g/mol. The van der Waals surface area contributed by atoms with Crippen molar-refractivity contribution in [1.29, 1.82) is 5.41 Å². The molecule has 56 valence electrons. The van der Waals surface area contributed by atoms with E-state index >= 15 is 0 Å². The van der Waals surface area contributed by atoms with Crippen LogP contribution in [0.25, 0.3) is 0 Å². The van der Waals surface area contributed by atoms with Crippen LogP contribution in [0.2, 0.25) is 0 Å². The maximum absolute atomic E-state index is 6.87. The maximum atomic E-state index is 6.87. The lowest BCUT2D eigenvalue weighted by atomic mass is 10.3. The molecule has 0 amide bonds. The fourth-order valence-corrected chi connectivity index (χ4v) is 0.664. The third kappa shape index (κ3) is 2.09. The number of amidine groups is 1. The summed E-state index contributed by atoms with van der Waals surface area (Å²) in [5, 5.41) is 10.0. The molecule has 0 heterocycles. The quantitative estimate of drug-likeness (QED) is 0.395. The first-order chi connectivity index (χ1) is 4.62. The zero-order valence-corrected chi connectivity index (χ0v) is 6.15. The lowest BCUT2D eigenvalue weighted by Gasteiger charge is -2.06. The summed E-state index contributed by atoms with van der Waals surface area (Å²) < 4.78 is 0. The molecule has 1 aliphatic rings. The molecule has 0 aromatic heterocycles. The van der Waals surface area contributed by atoms with Crippen molar-refractivity contribution in [2.24, 2.45) is 5.73 Å². The minimum atomic E-state index is 0.0942. The summed E-state index contributed by atoms with van der Waals surface area (Å²) in [7, 11) is 0. The Kier molecular flexibility index (Phi) is 1.66. The molecular formula is C7H13N3. The summed E-state index contributed by atoms with van der Waals surface area (Å²) in [6.45, 7) is 2.15. The van der Waals surface area contributed by atoms with Crippen LogP contribution in [0.5, 0.6) is 0 Å². The third-order valence-corrected chi connectivity index (χ3v) is 1.69. The Balaban J connectivity index is 2.21. The van der Waals surface area contributed by atoms with Gasteiger partial charge in [-0.15, -0.1) is 0 Å². The van der Waals surface area contributed by atoms with E-state index in [9.17, 15) is 0 Å². The standard InChI is InChI=1S/C7H13N3/c1-7(3-4-7)10-5-2-6(8)9/h2,5,10H,3-4H2,1H3,(H3,8,9)/b5-2-. The summed E-state index contributed by atoms with van der Waals surface area (Å²) in [5.74, 6) is 0.0942. The summed E-state index contributed by atoms with van der Waals surface area (Å²) in [6, 6.07) is 0. The normalized spacial score (nSPS) is 20.9. The molecule has 0 atom stereocenters. The molecular weight excluding hydrogens is 126 g/mol. The molecule has 0 aliphatic heterocycles. The molecule has 0 unspecified atom stereocenters. The van der Waals surface area contributed by atoms with Crippen molar-refractivity contribution in [1.82, 2.24) is 5.32 Å². The smallest absolute Gasteiger partial charge is 0.116 e. The Morgan fingerprint density at radius 1 is 1.70 bits per heavy atom. The van der Waals surface area contributed by atoms with Crippen LogP contribution in [0.3, 0.4) is 0 Å². The first-order valence-corrected chi connectivity index (χ1v) is 3.41. The minimum absolute atomic E-state index is 0.0942. The molecule has 1 saturated carbocycles. The topological polar surface area (TPSA) is 61.9 Å². The number of rotatable bonds is 3. The zero-order chi connectivity index (χ0) is 7.61. The van der Waals surface area contributed by atoms with Crippen molar-refractivity contribution in [2.75, 3.05) is 0 Å². The molecule has 0 bridgehead atoms. The average Bonchev–Trinajstić information content (AvgIpc) is 2.47. The molecule has 4 N–H and O–H groups in total. The molecule has 0 aromatic rings. The van der Waals surface area contributed by atoms with Gasteiger partial charge in [-0.25, -0.2) is 0 Å². The largest absolute Gasteiger partial charge is 0.386 e. The van der Waals surface area contributed by atoms with Gasteiger partial charge in [0.15, 0.2) is 0 Å². The molecule has 1 rings (SSSR count). The second-order valence-electron chi connectivity index (χ2n) is 2.99. The molecule has 3 nitrogen and oxygen atoms in total. The second kappa shape index (κ2) is 2.33. The van der Waals surface area contributed by atoms with Crippen LogP contribution < -0.4 is 11.1 Å². The summed E-state index contributed by atoms with van der Waals surface area (Å²) in [5.41, 5.74) is 5.40. The van der Waals surface area contributed by atoms with Crippen LogP contribution >= 0.6 is 0 Å². The van der Waals surface area contributed by atoms with Crippen molar-refractivity contribution < 1.29 is 0 Å². The van der Waals surface area contributed by atoms with Gasteiger partial charge in [0.2, 0.25) is 0 Å². The van der Waals surface area contributed by atoms with Crippen LogP contribution in [0.15, 0.2) is 12.3 Å². The van der Waals surface area contributed by atoms with E-state index in [1.54, 1.807) is 12.3 Å². The van der Waals surface area contributed by atoms with E-state index in [4.69, 9.17) is 11.1 Å². The van der Waals surface area contributed by atoms with Gasteiger partial charge in [0.05, 0.1) is 0 Å². The molecule has 0 aromatic carbocycles. The second-order valence-corrected chi connectivity index (χ2v) is 2.99. The Bertz CT molecular complexity index is 168. The summed E-state index contributed by atoms with van der Waals surface area (Å²) >= 11 is 0. The predicted octanol–water partition coefficient (Wildman–Crippen LogP) is 0.578. The number of nitrogens with two attached hydrogens (primary N) is 1. The van der Waals surface area contributed by atoms with E-state index in [0.717, 1.165) is 0 Å². The van der Waals surface area contributed by atoms with Gasteiger partial charge in [-0.2, -0.15) is 0 Å². The van der Waals surface area contributed by atoms with Gasteiger partial charge in [0.1, 0.15) is 5.84 Å². The van der Waals surface area contributed by atoms with E-state index in [0.29, 0.717) is 5.54 Å². The SMILES string of the molecule is CC1(N/C=C\C(=N)N)CC1. The fourth-order valence-electron chi connectivity index (χ4n) is 0.664. The number of nitrogens with one attached hydrogen (secondary N) is 2. The van der Waals surface area contributed by atoms with Crippen molar-refractivity contribution in [3.8, 4) is 0 Å². The molecule has 1 fully saturated rings. The van der Waals surface area contributed by atoms with Gasteiger partial charge in [-0.05, 0) is 25.8 Å². The van der Waals surface area contributed by atoms with Gasteiger partial charge in [0, 0.05) is 11.7 Å². The first kappa shape index (κ1) is 7.12. The highest BCUT2D eigenvalue weighted by Gasteiger charge is 2.35. The van der Waals surface area contributed by atoms with E-state index in [2.05, 4.69) is 12.2 Å². The molecule has 0 saturated heterocycles.